The number of hydrogen-bond donors (Lipinski definition) is 1. The maximum Gasteiger partial charge on any atom is 0.0616 e. The zero-order valence-electron chi connectivity index (χ0n) is 10.3. The Kier molecular flexibility index (Phi) is 4.46. The molecule has 19 heavy (non-hydrogen) atoms. The molecule has 2 N–H and O–H groups in total. The molecule has 0 aliphatic carbocycles. The van der Waals surface area contributed by atoms with Crippen molar-refractivity contribution in [2.45, 2.75) is 6.54 Å². The molecule has 0 atom stereocenters. The summed E-state index contributed by atoms with van der Waals surface area (Å²) in [5.41, 5.74) is 8.41. The van der Waals surface area contributed by atoms with Gasteiger partial charge >= 0.3 is 0 Å². The van der Waals surface area contributed by atoms with E-state index < -0.39 is 0 Å². The second kappa shape index (κ2) is 5.91. The van der Waals surface area contributed by atoms with Crippen LogP contribution < -0.4 is 10.6 Å². The lowest BCUT2D eigenvalue weighted by atomic mass is 10.2. The van der Waals surface area contributed by atoms with Gasteiger partial charge in [-0.2, -0.15) is 0 Å². The van der Waals surface area contributed by atoms with Gasteiger partial charge in [-0.25, -0.2) is 0 Å². The molecule has 0 heterocycles. The molecule has 0 saturated heterocycles. The Morgan fingerprint density at radius 1 is 1.00 bits per heavy atom. The fourth-order valence-corrected chi connectivity index (χ4v) is 2.38. The van der Waals surface area contributed by atoms with Gasteiger partial charge in [0.05, 0.1) is 21.4 Å². The summed E-state index contributed by atoms with van der Waals surface area (Å²) in [6, 6.07) is 11.1. The first kappa shape index (κ1) is 14.3. The van der Waals surface area contributed by atoms with Gasteiger partial charge in [-0.3, -0.25) is 0 Å². The first-order valence-electron chi connectivity index (χ1n) is 5.68. The molecule has 0 amide bonds. The van der Waals surface area contributed by atoms with Gasteiger partial charge in [0.1, 0.15) is 0 Å². The van der Waals surface area contributed by atoms with Crippen molar-refractivity contribution in [3.8, 4) is 0 Å². The molecular weight excluding hydrogens is 303 g/mol. The van der Waals surface area contributed by atoms with Gasteiger partial charge in [0, 0.05) is 18.6 Å². The van der Waals surface area contributed by atoms with Crippen molar-refractivity contribution in [2.24, 2.45) is 0 Å². The molecule has 2 aromatic rings. The van der Waals surface area contributed by atoms with E-state index in [9.17, 15) is 0 Å². The van der Waals surface area contributed by atoms with Gasteiger partial charge < -0.3 is 10.6 Å². The summed E-state index contributed by atoms with van der Waals surface area (Å²) in [6.07, 6.45) is 0. The number of anilines is 2. The van der Waals surface area contributed by atoms with E-state index in [0.29, 0.717) is 22.3 Å². The van der Waals surface area contributed by atoms with Crippen LogP contribution in [0.1, 0.15) is 5.56 Å². The highest BCUT2D eigenvalue weighted by atomic mass is 35.5. The van der Waals surface area contributed by atoms with Crippen LogP contribution in [-0.2, 0) is 6.54 Å². The van der Waals surface area contributed by atoms with E-state index in [0.717, 1.165) is 16.3 Å². The highest BCUT2D eigenvalue weighted by Crippen LogP contribution is 2.33. The lowest BCUT2D eigenvalue weighted by molar-refractivity contribution is 0.925. The Balaban J connectivity index is 2.28. The van der Waals surface area contributed by atoms with E-state index in [4.69, 9.17) is 40.5 Å². The van der Waals surface area contributed by atoms with Gasteiger partial charge in [-0.15, -0.1) is 0 Å². The molecule has 0 unspecified atom stereocenters. The van der Waals surface area contributed by atoms with Crippen LogP contribution in [0.2, 0.25) is 15.1 Å². The number of hydrogen-bond acceptors (Lipinski definition) is 2. The third-order valence-electron chi connectivity index (χ3n) is 2.85. The van der Waals surface area contributed by atoms with Crippen molar-refractivity contribution in [3.05, 3.63) is 57.0 Å². The lowest BCUT2D eigenvalue weighted by Gasteiger charge is -2.22. The zero-order chi connectivity index (χ0) is 14.0. The van der Waals surface area contributed by atoms with Crippen LogP contribution >= 0.6 is 34.8 Å². The van der Waals surface area contributed by atoms with Crippen LogP contribution in [0, 0.1) is 0 Å². The van der Waals surface area contributed by atoms with Crippen molar-refractivity contribution >= 4 is 46.2 Å². The predicted molar refractivity (Wildman–Crippen MR) is 84.4 cm³/mol. The average molecular weight is 316 g/mol. The van der Waals surface area contributed by atoms with E-state index in [1.54, 1.807) is 12.1 Å². The summed E-state index contributed by atoms with van der Waals surface area (Å²) in [6.45, 7) is 0.641. The molecule has 2 nitrogen and oxygen atoms in total. The molecule has 0 saturated carbocycles. The van der Waals surface area contributed by atoms with Crippen LogP contribution in [0.3, 0.4) is 0 Å². The van der Waals surface area contributed by atoms with Crippen molar-refractivity contribution < 1.29 is 0 Å². The molecule has 2 aromatic carbocycles. The number of rotatable bonds is 3. The summed E-state index contributed by atoms with van der Waals surface area (Å²) >= 11 is 18.1. The maximum atomic E-state index is 6.15. The van der Waals surface area contributed by atoms with Gasteiger partial charge in [0.2, 0.25) is 0 Å². The normalized spacial score (nSPS) is 10.5. The van der Waals surface area contributed by atoms with Gasteiger partial charge in [-0.05, 0) is 23.8 Å². The largest absolute Gasteiger partial charge is 0.397 e. The van der Waals surface area contributed by atoms with Gasteiger partial charge in [0.25, 0.3) is 0 Å². The Morgan fingerprint density at radius 2 is 1.63 bits per heavy atom. The van der Waals surface area contributed by atoms with Crippen molar-refractivity contribution in [3.63, 3.8) is 0 Å². The van der Waals surface area contributed by atoms with E-state index >= 15 is 0 Å². The minimum atomic E-state index is 0.453. The molecule has 2 rings (SSSR count). The summed E-state index contributed by atoms with van der Waals surface area (Å²) < 4.78 is 0. The quantitative estimate of drug-likeness (QED) is 0.819. The molecule has 0 aromatic heterocycles. The van der Waals surface area contributed by atoms with E-state index in [1.807, 2.05) is 36.2 Å². The minimum Gasteiger partial charge on any atom is -0.397 e. The minimum absolute atomic E-state index is 0.453. The third kappa shape index (κ3) is 3.27. The summed E-state index contributed by atoms with van der Waals surface area (Å²) in [5, 5.41) is 1.67. The van der Waals surface area contributed by atoms with Crippen LogP contribution in [0.25, 0.3) is 0 Å². The topological polar surface area (TPSA) is 29.3 Å². The highest BCUT2D eigenvalue weighted by molar-refractivity contribution is 6.42. The number of nitrogen functional groups attached to an aromatic ring is 1. The van der Waals surface area contributed by atoms with E-state index in [1.165, 1.54) is 0 Å². The van der Waals surface area contributed by atoms with E-state index in [-0.39, 0.29) is 0 Å². The van der Waals surface area contributed by atoms with Gasteiger partial charge in [0.15, 0.2) is 0 Å². The highest BCUT2D eigenvalue weighted by Gasteiger charge is 2.11. The average Bonchev–Trinajstić information content (AvgIpc) is 2.36. The molecule has 0 spiro atoms. The van der Waals surface area contributed by atoms with Crippen LogP contribution in [-0.4, -0.2) is 7.05 Å². The maximum absolute atomic E-state index is 6.15. The molecule has 0 aliphatic rings. The number of nitrogens with two attached hydrogens (primary N) is 1. The molecule has 5 heteroatoms. The molecule has 0 fully saturated rings. The fourth-order valence-electron chi connectivity index (χ4n) is 1.85. The number of nitrogens with zero attached hydrogens (tertiary/aromatic N) is 1. The summed E-state index contributed by atoms with van der Waals surface area (Å²) in [5.74, 6) is 0. The summed E-state index contributed by atoms with van der Waals surface area (Å²) in [7, 11) is 1.93. The van der Waals surface area contributed by atoms with Crippen molar-refractivity contribution in [2.75, 3.05) is 17.7 Å². The first-order valence-corrected chi connectivity index (χ1v) is 6.81. The molecule has 0 radical (unpaired) electrons. The van der Waals surface area contributed by atoms with Crippen molar-refractivity contribution in [1.82, 2.24) is 0 Å². The van der Waals surface area contributed by atoms with Crippen LogP contribution in [0.5, 0.6) is 0 Å². The Bertz CT molecular complexity index is 599. The molecule has 100 valence electrons. The Morgan fingerprint density at radius 3 is 2.32 bits per heavy atom. The lowest BCUT2D eigenvalue weighted by Crippen LogP contribution is -2.18. The molecule has 0 aliphatic heterocycles. The number of halogens is 3. The summed E-state index contributed by atoms with van der Waals surface area (Å²) in [4.78, 5) is 1.98. The SMILES string of the molecule is CN(Cc1ccccc1Cl)c1cc(Cl)c(Cl)cc1N. The predicted octanol–water partition coefficient (Wildman–Crippen LogP) is 4.87. The second-order valence-electron chi connectivity index (χ2n) is 4.27. The van der Waals surface area contributed by atoms with Gasteiger partial charge in [-0.1, -0.05) is 53.0 Å². The standard InChI is InChI=1S/C14H13Cl3N2/c1-19(8-9-4-2-3-5-10(9)15)14-7-12(17)11(16)6-13(14)18/h2-7H,8,18H2,1H3. The monoisotopic (exact) mass is 314 g/mol. The third-order valence-corrected chi connectivity index (χ3v) is 3.94. The van der Waals surface area contributed by atoms with Crippen molar-refractivity contribution in [1.29, 1.82) is 0 Å². The Hall–Kier alpha value is -1.09. The van der Waals surface area contributed by atoms with Crippen LogP contribution in [0.4, 0.5) is 11.4 Å². The van der Waals surface area contributed by atoms with E-state index in [2.05, 4.69) is 0 Å². The molecule has 0 bridgehead atoms. The first-order chi connectivity index (χ1) is 8.99. The zero-order valence-corrected chi connectivity index (χ0v) is 12.6. The van der Waals surface area contributed by atoms with Crippen LogP contribution in [0.15, 0.2) is 36.4 Å². The second-order valence-corrected chi connectivity index (χ2v) is 5.49. The Labute approximate surface area is 127 Å². The fraction of sp³-hybridized carbons (Fsp3) is 0.143. The number of benzene rings is 2. The molecular formula is C14H13Cl3N2. The smallest absolute Gasteiger partial charge is 0.0616 e.